The van der Waals surface area contributed by atoms with Gasteiger partial charge in [-0.2, -0.15) is 0 Å². The first kappa shape index (κ1) is 8.55. The van der Waals surface area contributed by atoms with Crippen molar-refractivity contribution in [1.82, 2.24) is 5.32 Å². The highest BCUT2D eigenvalue weighted by Crippen LogP contribution is 2.36. The van der Waals surface area contributed by atoms with Gasteiger partial charge in [0, 0.05) is 5.54 Å². The van der Waals surface area contributed by atoms with Gasteiger partial charge in [0.2, 0.25) is 0 Å². The summed E-state index contributed by atoms with van der Waals surface area (Å²) in [5.74, 6) is 1.09. The Morgan fingerprint density at radius 1 is 1.33 bits per heavy atom. The summed E-state index contributed by atoms with van der Waals surface area (Å²) in [5.41, 5.74) is 0.578. The maximum atomic E-state index is 3.75. The van der Waals surface area contributed by atoms with E-state index < -0.39 is 0 Å². The molecule has 0 saturated heterocycles. The van der Waals surface area contributed by atoms with E-state index in [0.29, 0.717) is 5.54 Å². The monoisotopic (exact) mass is 167 g/mol. The molecule has 2 aliphatic rings. The normalized spacial score (nSPS) is 26.8. The molecule has 0 aromatic carbocycles. The van der Waals surface area contributed by atoms with Gasteiger partial charge < -0.3 is 5.32 Å². The Morgan fingerprint density at radius 3 is 2.50 bits per heavy atom. The van der Waals surface area contributed by atoms with Crippen LogP contribution in [0.25, 0.3) is 0 Å². The predicted molar refractivity (Wildman–Crippen MR) is 52.2 cm³/mol. The Morgan fingerprint density at radius 2 is 2.08 bits per heavy atom. The average Bonchev–Trinajstić information content (AvgIpc) is 2.78. The van der Waals surface area contributed by atoms with Crippen molar-refractivity contribution in [1.29, 1.82) is 0 Å². The maximum absolute atomic E-state index is 3.75. The summed E-state index contributed by atoms with van der Waals surface area (Å²) in [6.07, 6.45) is 10.1. The lowest BCUT2D eigenvalue weighted by atomic mass is 9.75. The Labute approximate surface area is 75.9 Å². The molecule has 1 nitrogen and oxygen atoms in total. The van der Waals surface area contributed by atoms with Gasteiger partial charge in [-0.05, 0) is 44.6 Å². The molecule has 70 valence electrons. The van der Waals surface area contributed by atoms with Gasteiger partial charge in [0.05, 0.1) is 0 Å². The van der Waals surface area contributed by atoms with Crippen LogP contribution in [-0.2, 0) is 0 Å². The summed E-state index contributed by atoms with van der Waals surface area (Å²) in [6, 6.07) is 0. The van der Waals surface area contributed by atoms with Gasteiger partial charge in [0.15, 0.2) is 0 Å². The molecule has 0 heterocycles. The topological polar surface area (TPSA) is 12.0 Å². The number of nitrogens with one attached hydrogen (secondary N) is 1. The van der Waals surface area contributed by atoms with Crippen LogP contribution < -0.4 is 5.32 Å². The largest absolute Gasteiger partial charge is 0.311 e. The third-order valence-corrected chi connectivity index (χ3v) is 3.74. The summed E-state index contributed by atoms with van der Waals surface area (Å²) in [5, 5.41) is 3.75. The minimum atomic E-state index is 0.578. The minimum Gasteiger partial charge on any atom is -0.311 e. The molecule has 0 amide bonds. The zero-order chi connectivity index (χ0) is 8.44. The number of hydrogen-bond acceptors (Lipinski definition) is 1. The zero-order valence-corrected chi connectivity index (χ0v) is 8.23. The smallest absolute Gasteiger partial charge is 0.0178 e. The Bertz CT molecular complexity index is 140. The molecule has 0 unspecified atom stereocenters. The van der Waals surface area contributed by atoms with Gasteiger partial charge in [0.25, 0.3) is 0 Å². The van der Waals surface area contributed by atoms with E-state index in [1.165, 1.54) is 51.5 Å². The molecule has 2 fully saturated rings. The molecule has 0 aliphatic heterocycles. The molecule has 1 heteroatoms. The highest BCUT2D eigenvalue weighted by atomic mass is 15.0. The van der Waals surface area contributed by atoms with E-state index in [2.05, 4.69) is 12.2 Å². The zero-order valence-electron chi connectivity index (χ0n) is 8.23. The third-order valence-electron chi connectivity index (χ3n) is 3.74. The van der Waals surface area contributed by atoms with E-state index in [9.17, 15) is 0 Å². The molecule has 1 N–H and O–H groups in total. The summed E-state index contributed by atoms with van der Waals surface area (Å²) < 4.78 is 0. The van der Waals surface area contributed by atoms with Crippen LogP contribution in [0.1, 0.15) is 51.9 Å². The van der Waals surface area contributed by atoms with Crippen molar-refractivity contribution in [2.45, 2.75) is 57.4 Å². The first-order chi connectivity index (χ1) is 5.85. The first-order valence-electron chi connectivity index (χ1n) is 5.60. The molecule has 2 saturated carbocycles. The Kier molecular flexibility index (Phi) is 2.40. The molecule has 0 aromatic rings. The quantitative estimate of drug-likeness (QED) is 0.664. The van der Waals surface area contributed by atoms with E-state index in [4.69, 9.17) is 0 Å². The lowest BCUT2D eigenvalue weighted by Gasteiger charge is -2.42. The van der Waals surface area contributed by atoms with Crippen LogP contribution in [0.4, 0.5) is 0 Å². The summed E-state index contributed by atoms with van der Waals surface area (Å²) in [4.78, 5) is 0. The van der Waals surface area contributed by atoms with Crippen molar-refractivity contribution in [2.24, 2.45) is 5.92 Å². The van der Waals surface area contributed by atoms with Crippen molar-refractivity contribution in [2.75, 3.05) is 6.54 Å². The molecular weight excluding hydrogens is 146 g/mol. The van der Waals surface area contributed by atoms with E-state index in [-0.39, 0.29) is 0 Å². The lowest BCUT2D eigenvalue weighted by molar-refractivity contribution is 0.176. The van der Waals surface area contributed by atoms with Crippen molar-refractivity contribution in [3.63, 3.8) is 0 Å². The Balaban J connectivity index is 1.62. The minimum absolute atomic E-state index is 0.578. The van der Waals surface area contributed by atoms with Crippen molar-refractivity contribution in [3.05, 3.63) is 0 Å². The van der Waals surface area contributed by atoms with Crippen molar-refractivity contribution in [3.8, 4) is 0 Å². The first-order valence-corrected chi connectivity index (χ1v) is 5.60. The highest BCUT2D eigenvalue weighted by molar-refractivity contribution is 4.94. The molecular formula is C11H21N. The van der Waals surface area contributed by atoms with Crippen LogP contribution in [0, 0.1) is 5.92 Å². The fourth-order valence-corrected chi connectivity index (χ4v) is 2.21. The van der Waals surface area contributed by atoms with E-state index in [1.807, 2.05) is 0 Å². The van der Waals surface area contributed by atoms with Gasteiger partial charge in [-0.15, -0.1) is 0 Å². The summed E-state index contributed by atoms with van der Waals surface area (Å²) >= 11 is 0. The molecule has 0 bridgehead atoms. The van der Waals surface area contributed by atoms with Crippen LogP contribution in [0.15, 0.2) is 0 Å². The SMILES string of the molecule is CCC1(NCCC2CC2)CCC1. The molecule has 2 rings (SSSR count). The predicted octanol–water partition coefficient (Wildman–Crippen LogP) is 2.71. The number of rotatable bonds is 5. The summed E-state index contributed by atoms with van der Waals surface area (Å²) in [7, 11) is 0. The molecule has 0 radical (unpaired) electrons. The fourth-order valence-electron chi connectivity index (χ4n) is 2.21. The van der Waals surface area contributed by atoms with Crippen LogP contribution >= 0.6 is 0 Å². The van der Waals surface area contributed by atoms with Crippen LogP contribution in [0.3, 0.4) is 0 Å². The molecule has 0 spiro atoms. The lowest BCUT2D eigenvalue weighted by Crippen LogP contribution is -2.50. The van der Waals surface area contributed by atoms with Gasteiger partial charge in [-0.25, -0.2) is 0 Å². The molecule has 0 atom stereocenters. The molecule has 0 aromatic heterocycles. The fraction of sp³-hybridized carbons (Fsp3) is 1.00. The van der Waals surface area contributed by atoms with Gasteiger partial charge in [-0.3, -0.25) is 0 Å². The Hall–Kier alpha value is -0.0400. The number of hydrogen-bond donors (Lipinski definition) is 1. The second kappa shape index (κ2) is 3.37. The van der Waals surface area contributed by atoms with Crippen molar-refractivity contribution < 1.29 is 0 Å². The van der Waals surface area contributed by atoms with E-state index >= 15 is 0 Å². The molecule has 12 heavy (non-hydrogen) atoms. The van der Waals surface area contributed by atoms with Gasteiger partial charge in [-0.1, -0.05) is 19.8 Å². The highest BCUT2D eigenvalue weighted by Gasteiger charge is 2.34. The van der Waals surface area contributed by atoms with E-state index in [1.54, 1.807) is 0 Å². The van der Waals surface area contributed by atoms with Crippen molar-refractivity contribution >= 4 is 0 Å². The van der Waals surface area contributed by atoms with E-state index in [0.717, 1.165) is 5.92 Å². The van der Waals surface area contributed by atoms with Gasteiger partial charge in [0.1, 0.15) is 0 Å². The third kappa shape index (κ3) is 1.82. The second-order valence-electron chi connectivity index (χ2n) is 4.65. The van der Waals surface area contributed by atoms with Gasteiger partial charge >= 0.3 is 0 Å². The van der Waals surface area contributed by atoms with Crippen LogP contribution in [0.2, 0.25) is 0 Å². The maximum Gasteiger partial charge on any atom is 0.0178 e. The average molecular weight is 167 g/mol. The second-order valence-corrected chi connectivity index (χ2v) is 4.65. The van der Waals surface area contributed by atoms with Crippen LogP contribution in [-0.4, -0.2) is 12.1 Å². The standard InChI is InChI=1S/C11H21N/c1-2-11(7-3-8-11)12-9-6-10-4-5-10/h10,12H,2-9H2,1H3. The summed E-state index contributed by atoms with van der Waals surface area (Å²) in [6.45, 7) is 3.60. The van der Waals surface area contributed by atoms with Crippen LogP contribution in [0.5, 0.6) is 0 Å². The molecule has 2 aliphatic carbocycles.